The molecule has 0 unspecified atom stereocenters. The topological polar surface area (TPSA) is 68.5 Å². The fourth-order valence-corrected chi connectivity index (χ4v) is 2.12. The van der Waals surface area contributed by atoms with E-state index in [1.165, 1.54) is 18.3 Å². The molecule has 0 saturated carbocycles. The lowest BCUT2D eigenvalue weighted by atomic mass is 10.1. The van der Waals surface area contributed by atoms with Gasteiger partial charge in [-0.2, -0.15) is 0 Å². The molecule has 0 aliphatic carbocycles. The van der Waals surface area contributed by atoms with Crippen molar-refractivity contribution in [2.24, 2.45) is 5.73 Å². The summed E-state index contributed by atoms with van der Waals surface area (Å²) in [7, 11) is 3.73. The molecule has 0 aliphatic heterocycles. The van der Waals surface area contributed by atoms with E-state index in [1.54, 1.807) is 12.1 Å². The van der Waals surface area contributed by atoms with E-state index in [1.807, 2.05) is 19.0 Å². The van der Waals surface area contributed by atoms with Crippen LogP contribution in [0.2, 0.25) is 5.02 Å². The average Bonchev–Trinajstić information content (AvgIpc) is 2.51. The van der Waals surface area contributed by atoms with Crippen LogP contribution in [0.25, 0.3) is 0 Å². The lowest BCUT2D eigenvalue weighted by molar-refractivity contribution is -0.117. The third-order valence-corrected chi connectivity index (χ3v) is 3.47. The molecule has 1 aromatic heterocycles. The summed E-state index contributed by atoms with van der Waals surface area (Å²) in [6, 6.07) is 6.46. The zero-order valence-electron chi connectivity index (χ0n) is 12.8. The van der Waals surface area contributed by atoms with Crippen LogP contribution in [-0.4, -0.2) is 25.0 Å². The highest BCUT2D eigenvalue weighted by Crippen LogP contribution is 2.34. The Hall–Kier alpha value is -2.34. The van der Waals surface area contributed by atoms with Crippen molar-refractivity contribution in [2.75, 3.05) is 19.0 Å². The predicted octanol–water partition coefficient (Wildman–Crippen LogP) is 3.15. The maximum Gasteiger partial charge on any atom is 0.217 e. The normalized spacial score (nSPS) is 10.4. The number of aromatic nitrogens is 1. The van der Waals surface area contributed by atoms with Crippen molar-refractivity contribution in [1.82, 2.24) is 4.98 Å². The molecule has 7 heteroatoms. The first kappa shape index (κ1) is 17.0. The Labute approximate surface area is 138 Å². The van der Waals surface area contributed by atoms with E-state index < -0.39 is 11.7 Å². The number of pyridine rings is 1. The van der Waals surface area contributed by atoms with Gasteiger partial charge in [0.1, 0.15) is 11.6 Å². The van der Waals surface area contributed by atoms with Gasteiger partial charge in [-0.25, -0.2) is 9.37 Å². The van der Waals surface area contributed by atoms with Crippen molar-refractivity contribution >= 4 is 23.3 Å². The zero-order chi connectivity index (χ0) is 17.0. The monoisotopic (exact) mass is 337 g/mol. The van der Waals surface area contributed by atoms with Crippen molar-refractivity contribution < 1.29 is 13.9 Å². The van der Waals surface area contributed by atoms with Crippen LogP contribution in [-0.2, 0) is 11.2 Å². The Morgan fingerprint density at radius 3 is 2.65 bits per heavy atom. The molecule has 0 radical (unpaired) electrons. The number of carbonyl (C=O) groups is 1. The summed E-state index contributed by atoms with van der Waals surface area (Å²) < 4.78 is 20.0. The van der Waals surface area contributed by atoms with Gasteiger partial charge in [-0.15, -0.1) is 0 Å². The fourth-order valence-electron chi connectivity index (χ4n) is 1.93. The number of ether oxygens (including phenoxy) is 1. The summed E-state index contributed by atoms with van der Waals surface area (Å²) in [4.78, 5) is 16.9. The standard InChI is InChI=1S/C16H17ClFN3O2/c1-21(2)14-8-5-11(9-20-14)23-16-12(17)6-3-10(15(16)18)4-7-13(19)22/h3,5-6,8-9H,4,7H2,1-2H3,(H2,19,22). The molecule has 0 spiro atoms. The quantitative estimate of drug-likeness (QED) is 0.879. The van der Waals surface area contributed by atoms with Crippen LogP contribution in [0.5, 0.6) is 11.5 Å². The van der Waals surface area contributed by atoms with Gasteiger partial charge < -0.3 is 15.4 Å². The fraction of sp³-hybridized carbons (Fsp3) is 0.250. The molecule has 0 atom stereocenters. The lowest BCUT2D eigenvalue weighted by Crippen LogP contribution is -2.11. The molecule has 5 nitrogen and oxygen atoms in total. The molecule has 0 fully saturated rings. The predicted molar refractivity (Wildman–Crippen MR) is 87.6 cm³/mol. The number of carbonyl (C=O) groups excluding carboxylic acids is 1. The van der Waals surface area contributed by atoms with E-state index >= 15 is 0 Å². The van der Waals surface area contributed by atoms with Crippen LogP contribution >= 0.6 is 11.6 Å². The highest BCUT2D eigenvalue weighted by Gasteiger charge is 2.15. The highest BCUT2D eigenvalue weighted by atomic mass is 35.5. The van der Waals surface area contributed by atoms with Gasteiger partial charge in [-0.3, -0.25) is 4.79 Å². The second-order valence-corrected chi connectivity index (χ2v) is 5.57. The molecule has 23 heavy (non-hydrogen) atoms. The average molecular weight is 338 g/mol. The molecule has 0 saturated heterocycles. The Balaban J connectivity index is 2.24. The Morgan fingerprint density at radius 2 is 2.09 bits per heavy atom. The Morgan fingerprint density at radius 1 is 1.35 bits per heavy atom. The van der Waals surface area contributed by atoms with E-state index in [9.17, 15) is 9.18 Å². The Bertz CT molecular complexity index is 705. The number of rotatable bonds is 6. The molecule has 2 rings (SSSR count). The summed E-state index contributed by atoms with van der Waals surface area (Å²) in [6.07, 6.45) is 1.73. The largest absolute Gasteiger partial charge is 0.451 e. The SMILES string of the molecule is CN(C)c1ccc(Oc2c(Cl)ccc(CCC(N)=O)c2F)cn1. The number of hydrogen-bond acceptors (Lipinski definition) is 4. The Kier molecular flexibility index (Phi) is 5.39. The van der Waals surface area contributed by atoms with Crippen LogP contribution in [0.4, 0.5) is 10.2 Å². The van der Waals surface area contributed by atoms with Crippen molar-refractivity contribution in [3.05, 3.63) is 46.9 Å². The van der Waals surface area contributed by atoms with Gasteiger partial charge in [0.25, 0.3) is 0 Å². The zero-order valence-corrected chi connectivity index (χ0v) is 13.6. The van der Waals surface area contributed by atoms with Gasteiger partial charge >= 0.3 is 0 Å². The first-order valence-corrected chi connectivity index (χ1v) is 7.32. The van der Waals surface area contributed by atoms with Gasteiger partial charge in [0, 0.05) is 20.5 Å². The maximum absolute atomic E-state index is 14.5. The number of primary amides is 1. The van der Waals surface area contributed by atoms with E-state index in [4.69, 9.17) is 22.1 Å². The van der Waals surface area contributed by atoms with Gasteiger partial charge in [0.05, 0.1) is 11.2 Å². The smallest absolute Gasteiger partial charge is 0.217 e. The van der Waals surface area contributed by atoms with Crippen LogP contribution in [0.1, 0.15) is 12.0 Å². The van der Waals surface area contributed by atoms with Crippen molar-refractivity contribution in [3.8, 4) is 11.5 Å². The maximum atomic E-state index is 14.5. The van der Waals surface area contributed by atoms with E-state index in [0.717, 1.165) is 5.82 Å². The van der Waals surface area contributed by atoms with Crippen molar-refractivity contribution in [1.29, 1.82) is 0 Å². The second-order valence-electron chi connectivity index (χ2n) is 5.16. The van der Waals surface area contributed by atoms with E-state index in [-0.39, 0.29) is 23.6 Å². The first-order chi connectivity index (χ1) is 10.9. The molecule has 1 heterocycles. The van der Waals surface area contributed by atoms with Crippen LogP contribution in [0.15, 0.2) is 30.5 Å². The minimum absolute atomic E-state index is 0.0527. The molecule has 1 amide bonds. The minimum atomic E-state index is -0.601. The van der Waals surface area contributed by atoms with Crippen molar-refractivity contribution in [2.45, 2.75) is 12.8 Å². The first-order valence-electron chi connectivity index (χ1n) is 6.95. The van der Waals surface area contributed by atoms with Crippen LogP contribution in [0, 0.1) is 5.82 Å². The third kappa shape index (κ3) is 4.32. The summed E-state index contributed by atoms with van der Waals surface area (Å²) in [5.74, 6) is -0.0728. The molecule has 2 aromatic rings. The summed E-state index contributed by atoms with van der Waals surface area (Å²) in [5.41, 5.74) is 5.41. The third-order valence-electron chi connectivity index (χ3n) is 3.17. The number of hydrogen-bond donors (Lipinski definition) is 1. The number of nitrogens with zero attached hydrogens (tertiary/aromatic N) is 2. The molecular weight excluding hydrogens is 321 g/mol. The number of benzene rings is 1. The molecular formula is C16H17ClFN3O2. The molecule has 122 valence electrons. The molecule has 2 N–H and O–H groups in total. The van der Waals surface area contributed by atoms with E-state index in [2.05, 4.69) is 4.98 Å². The van der Waals surface area contributed by atoms with Crippen LogP contribution < -0.4 is 15.4 Å². The van der Waals surface area contributed by atoms with Gasteiger partial charge in [0.15, 0.2) is 11.6 Å². The summed E-state index contributed by atoms with van der Waals surface area (Å²) >= 11 is 6.01. The molecule has 0 bridgehead atoms. The summed E-state index contributed by atoms with van der Waals surface area (Å²) in [6.45, 7) is 0. The van der Waals surface area contributed by atoms with Gasteiger partial charge in [0.2, 0.25) is 5.91 Å². The van der Waals surface area contributed by atoms with Crippen molar-refractivity contribution in [3.63, 3.8) is 0 Å². The highest BCUT2D eigenvalue weighted by molar-refractivity contribution is 6.32. The van der Waals surface area contributed by atoms with Crippen LogP contribution in [0.3, 0.4) is 0 Å². The molecule has 0 aliphatic rings. The minimum Gasteiger partial charge on any atom is -0.451 e. The van der Waals surface area contributed by atoms with E-state index in [0.29, 0.717) is 11.3 Å². The number of aryl methyl sites for hydroxylation is 1. The van der Waals surface area contributed by atoms with Gasteiger partial charge in [-0.1, -0.05) is 17.7 Å². The summed E-state index contributed by atoms with van der Waals surface area (Å²) in [5, 5.41) is 0.141. The second kappa shape index (κ2) is 7.28. The number of nitrogens with two attached hydrogens (primary N) is 1. The lowest BCUT2D eigenvalue weighted by Gasteiger charge is -2.13. The number of anilines is 1. The van der Waals surface area contributed by atoms with Gasteiger partial charge in [-0.05, 0) is 30.2 Å². The number of halogens is 2. The molecule has 1 aromatic carbocycles. The number of amides is 1.